The van der Waals surface area contributed by atoms with Gasteiger partial charge in [-0.15, -0.1) is 11.8 Å². The molecule has 0 spiro atoms. The maximum atomic E-state index is 11.7. The molecule has 1 fully saturated rings. The first-order valence-corrected chi connectivity index (χ1v) is 8.23. The molecule has 5 heteroatoms. The molecule has 0 N–H and O–H groups in total. The van der Waals surface area contributed by atoms with Crippen LogP contribution in [-0.2, 0) is 4.79 Å². The summed E-state index contributed by atoms with van der Waals surface area (Å²) in [7, 11) is 0. The van der Waals surface area contributed by atoms with Crippen molar-refractivity contribution in [1.82, 2.24) is 4.98 Å². The first-order chi connectivity index (χ1) is 9.29. The fourth-order valence-electron chi connectivity index (χ4n) is 2.21. The molecule has 1 saturated heterocycles. The fourth-order valence-corrected chi connectivity index (χ4v) is 3.89. The number of anilines is 1. The van der Waals surface area contributed by atoms with E-state index in [4.69, 9.17) is 0 Å². The summed E-state index contributed by atoms with van der Waals surface area (Å²) in [5.74, 6) is 0.194. The molecule has 1 aromatic heterocycles. The Balaban J connectivity index is 1.95. The number of nitrogens with zero attached hydrogens (tertiary/aromatic N) is 2. The minimum atomic E-state index is 0.194. The molecule has 2 heterocycles. The minimum absolute atomic E-state index is 0.194. The molecule has 0 aliphatic carbocycles. The van der Waals surface area contributed by atoms with Crippen LogP contribution >= 0.6 is 23.1 Å². The Kier molecular flexibility index (Phi) is 3.57. The number of hydrogen-bond acceptors (Lipinski definition) is 4. The van der Waals surface area contributed by atoms with Crippen LogP contribution in [0.25, 0.3) is 10.4 Å². The van der Waals surface area contributed by atoms with E-state index < -0.39 is 0 Å². The first kappa shape index (κ1) is 12.7. The molecule has 0 unspecified atom stereocenters. The van der Waals surface area contributed by atoms with E-state index in [1.54, 1.807) is 28.0 Å². The Morgan fingerprint density at radius 3 is 2.95 bits per heavy atom. The van der Waals surface area contributed by atoms with E-state index in [0.717, 1.165) is 23.0 Å². The highest BCUT2D eigenvalue weighted by Crippen LogP contribution is 2.37. The summed E-state index contributed by atoms with van der Waals surface area (Å²) in [5, 5.41) is 0.827. The van der Waals surface area contributed by atoms with Gasteiger partial charge >= 0.3 is 0 Å². The lowest BCUT2D eigenvalue weighted by atomic mass is 10.2. The standard InChI is InChI=1S/C14H14N2OS2/c1-18-11-6-3-2-5-10(11)12-9-15-14(19-12)16-8-4-7-13(16)17/h2-3,5-6,9H,4,7-8H2,1H3. The Labute approximate surface area is 120 Å². The zero-order valence-electron chi connectivity index (χ0n) is 10.6. The molecule has 0 bridgehead atoms. The third-order valence-electron chi connectivity index (χ3n) is 3.17. The van der Waals surface area contributed by atoms with E-state index in [2.05, 4.69) is 23.4 Å². The number of benzene rings is 1. The van der Waals surface area contributed by atoms with Crippen LogP contribution in [0.1, 0.15) is 12.8 Å². The summed E-state index contributed by atoms with van der Waals surface area (Å²) in [6.45, 7) is 0.802. The summed E-state index contributed by atoms with van der Waals surface area (Å²) in [6.07, 6.45) is 5.54. The van der Waals surface area contributed by atoms with Crippen molar-refractivity contribution in [2.45, 2.75) is 17.7 Å². The van der Waals surface area contributed by atoms with Gasteiger partial charge in [-0.05, 0) is 18.7 Å². The molecule has 19 heavy (non-hydrogen) atoms. The Morgan fingerprint density at radius 1 is 1.37 bits per heavy atom. The number of carbonyl (C=O) groups is 1. The van der Waals surface area contributed by atoms with Gasteiger partial charge in [0.05, 0.1) is 4.88 Å². The van der Waals surface area contributed by atoms with E-state index in [9.17, 15) is 4.79 Å². The number of thioether (sulfide) groups is 1. The second-order valence-electron chi connectivity index (χ2n) is 4.36. The topological polar surface area (TPSA) is 33.2 Å². The van der Waals surface area contributed by atoms with Crippen molar-refractivity contribution in [3.05, 3.63) is 30.5 Å². The van der Waals surface area contributed by atoms with E-state index in [0.29, 0.717) is 6.42 Å². The second kappa shape index (κ2) is 5.35. The van der Waals surface area contributed by atoms with Gasteiger partial charge in [-0.3, -0.25) is 9.69 Å². The maximum Gasteiger partial charge on any atom is 0.228 e. The summed E-state index contributed by atoms with van der Waals surface area (Å²) in [5.41, 5.74) is 1.20. The number of rotatable bonds is 3. The molecular formula is C14H14N2OS2. The molecule has 3 rings (SSSR count). The molecule has 0 atom stereocenters. The lowest BCUT2D eigenvalue weighted by molar-refractivity contribution is -0.117. The highest BCUT2D eigenvalue weighted by atomic mass is 32.2. The minimum Gasteiger partial charge on any atom is -0.288 e. The van der Waals surface area contributed by atoms with Gasteiger partial charge < -0.3 is 0 Å². The summed E-state index contributed by atoms with van der Waals surface area (Å²) in [6, 6.07) is 8.30. The van der Waals surface area contributed by atoms with Crippen LogP contribution in [0.5, 0.6) is 0 Å². The van der Waals surface area contributed by atoms with Crippen molar-refractivity contribution in [1.29, 1.82) is 0 Å². The van der Waals surface area contributed by atoms with Crippen LogP contribution in [0, 0.1) is 0 Å². The Hall–Kier alpha value is -1.33. The van der Waals surface area contributed by atoms with Gasteiger partial charge in [0.2, 0.25) is 5.91 Å². The van der Waals surface area contributed by atoms with Crippen molar-refractivity contribution in [2.24, 2.45) is 0 Å². The molecule has 1 aliphatic rings. The van der Waals surface area contributed by atoms with Crippen molar-refractivity contribution in [3.63, 3.8) is 0 Å². The van der Waals surface area contributed by atoms with E-state index in [-0.39, 0.29) is 5.91 Å². The average molecular weight is 290 g/mol. The molecule has 3 nitrogen and oxygen atoms in total. The number of amides is 1. The summed E-state index contributed by atoms with van der Waals surface area (Å²) >= 11 is 3.33. The molecule has 2 aromatic rings. The first-order valence-electron chi connectivity index (χ1n) is 6.19. The quantitative estimate of drug-likeness (QED) is 0.809. The summed E-state index contributed by atoms with van der Waals surface area (Å²) < 4.78 is 0. The van der Waals surface area contributed by atoms with E-state index in [1.165, 1.54) is 10.5 Å². The molecule has 1 amide bonds. The lowest BCUT2D eigenvalue weighted by Crippen LogP contribution is -2.23. The average Bonchev–Trinajstić information content (AvgIpc) is 3.07. The van der Waals surface area contributed by atoms with Crippen molar-refractivity contribution >= 4 is 34.1 Å². The van der Waals surface area contributed by atoms with Gasteiger partial charge in [-0.1, -0.05) is 29.5 Å². The Morgan fingerprint density at radius 2 is 2.21 bits per heavy atom. The molecule has 0 saturated carbocycles. The zero-order chi connectivity index (χ0) is 13.2. The largest absolute Gasteiger partial charge is 0.288 e. The number of carbonyl (C=O) groups excluding carboxylic acids is 1. The third-order valence-corrected chi connectivity index (χ3v) is 5.02. The summed E-state index contributed by atoms with van der Waals surface area (Å²) in [4.78, 5) is 20.3. The SMILES string of the molecule is CSc1ccccc1-c1cnc(N2CCCC2=O)s1. The molecule has 1 aliphatic heterocycles. The third kappa shape index (κ3) is 2.40. The smallest absolute Gasteiger partial charge is 0.228 e. The van der Waals surface area contributed by atoms with Crippen LogP contribution in [0.15, 0.2) is 35.4 Å². The highest BCUT2D eigenvalue weighted by molar-refractivity contribution is 7.98. The second-order valence-corrected chi connectivity index (χ2v) is 6.21. The van der Waals surface area contributed by atoms with Gasteiger partial charge in [0.25, 0.3) is 0 Å². The van der Waals surface area contributed by atoms with Crippen molar-refractivity contribution in [2.75, 3.05) is 17.7 Å². The van der Waals surface area contributed by atoms with Gasteiger partial charge in [0.1, 0.15) is 0 Å². The fraction of sp³-hybridized carbons (Fsp3) is 0.286. The van der Waals surface area contributed by atoms with Crippen LogP contribution in [0.3, 0.4) is 0 Å². The van der Waals surface area contributed by atoms with Gasteiger partial charge in [0.15, 0.2) is 5.13 Å². The van der Waals surface area contributed by atoms with Crippen molar-refractivity contribution < 1.29 is 4.79 Å². The van der Waals surface area contributed by atoms with Gasteiger partial charge in [0, 0.05) is 29.6 Å². The molecule has 1 aromatic carbocycles. The van der Waals surface area contributed by atoms with Gasteiger partial charge in [-0.2, -0.15) is 0 Å². The van der Waals surface area contributed by atoms with Crippen LogP contribution in [0.2, 0.25) is 0 Å². The molecular weight excluding hydrogens is 276 g/mol. The van der Waals surface area contributed by atoms with Crippen LogP contribution < -0.4 is 4.90 Å². The highest BCUT2D eigenvalue weighted by Gasteiger charge is 2.24. The Bertz CT molecular complexity index is 609. The number of thiazole rings is 1. The molecule has 0 radical (unpaired) electrons. The van der Waals surface area contributed by atoms with Crippen LogP contribution in [0.4, 0.5) is 5.13 Å². The van der Waals surface area contributed by atoms with E-state index >= 15 is 0 Å². The maximum absolute atomic E-state index is 11.7. The predicted molar refractivity (Wildman–Crippen MR) is 80.9 cm³/mol. The zero-order valence-corrected chi connectivity index (χ0v) is 12.3. The monoisotopic (exact) mass is 290 g/mol. The normalized spacial score (nSPS) is 15.2. The number of aromatic nitrogens is 1. The van der Waals surface area contributed by atoms with Crippen molar-refractivity contribution in [3.8, 4) is 10.4 Å². The predicted octanol–water partition coefficient (Wildman–Crippen LogP) is 3.66. The van der Waals surface area contributed by atoms with Gasteiger partial charge in [-0.25, -0.2) is 4.98 Å². The van der Waals surface area contributed by atoms with Crippen LogP contribution in [-0.4, -0.2) is 23.7 Å². The van der Waals surface area contributed by atoms with E-state index in [1.807, 2.05) is 18.3 Å². The molecule has 98 valence electrons. The lowest BCUT2D eigenvalue weighted by Gasteiger charge is -2.10. The number of hydrogen-bond donors (Lipinski definition) is 0.